The molecule has 6 nitrogen and oxygen atoms in total. The minimum atomic E-state index is -1.13. The molecule has 124 valence electrons. The average molecular weight is 383 g/mol. The van der Waals surface area contributed by atoms with E-state index in [0.717, 1.165) is 5.56 Å². The number of halogens is 1. The third-order valence-electron chi connectivity index (χ3n) is 3.04. The first-order chi connectivity index (χ1) is 10.6. The normalized spacial score (nSPS) is 11.2. The van der Waals surface area contributed by atoms with Crippen LogP contribution in [-0.4, -0.2) is 23.1 Å². The van der Waals surface area contributed by atoms with Crippen LogP contribution in [0.25, 0.3) is 0 Å². The van der Waals surface area contributed by atoms with Crippen molar-refractivity contribution in [2.24, 2.45) is 7.05 Å². The van der Waals surface area contributed by atoms with E-state index in [4.69, 9.17) is 9.47 Å². The summed E-state index contributed by atoms with van der Waals surface area (Å²) in [5, 5.41) is 0. The van der Waals surface area contributed by atoms with Gasteiger partial charge in [-0.1, -0.05) is 30.3 Å². The van der Waals surface area contributed by atoms with E-state index in [9.17, 15) is 9.59 Å². The average Bonchev–Trinajstić information content (AvgIpc) is 2.93. The van der Waals surface area contributed by atoms with E-state index in [1.54, 1.807) is 37.3 Å². The molecule has 7 heteroatoms. The van der Waals surface area contributed by atoms with E-state index >= 15 is 0 Å². The molecule has 1 heterocycles. The van der Waals surface area contributed by atoms with Crippen LogP contribution >= 0.6 is 0 Å². The van der Waals surface area contributed by atoms with E-state index in [1.807, 2.05) is 30.3 Å². The lowest BCUT2D eigenvalue weighted by molar-refractivity contribution is -0.671. The molecule has 1 atom stereocenters. The number of hydrogen-bond donors (Lipinski definition) is 0. The summed E-state index contributed by atoms with van der Waals surface area (Å²) in [5.74, 6) is -1.27. The van der Waals surface area contributed by atoms with Gasteiger partial charge in [-0.25, -0.2) is 18.7 Å². The summed E-state index contributed by atoms with van der Waals surface area (Å²) in [7, 11) is 1.80. The fourth-order valence-corrected chi connectivity index (χ4v) is 1.99. The number of esters is 2. The van der Waals surface area contributed by atoms with Gasteiger partial charge in [0.2, 0.25) is 6.33 Å². The summed E-state index contributed by atoms with van der Waals surface area (Å²) in [4.78, 5) is 24.3. The smallest absolute Gasteiger partial charge is 0.364 e. The summed E-state index contributed by atoms with van der Waals surface area (Å²) in [6.45, 7) is 2.01. The van der Waals surface area contributed by atoms with Gasteiger partial charge in [-0.05, 0) is 12.5 Å². The van der Waals surface area contributed by atoms with E-state index in [0.29, 0.717) is 0 Å². The minimum Gasteiger partial charge on any atom is -1.00 e. The van der Waals surface area contributed by atoms with Crippen LogP contribution in [0.2, 0.25) is 0 Å². The maximum absolute atomic E-state index is 12.3. The molecule has 0 amide bonds. The highest BCUT2D eigenvalue weighted by Gasteiger charge is 2.36. The van der Waals surface area contributed by atoms with Crippen molar-refractivity contribution in [2.45, 2.75) is 19.6 Å². The molecule has 1 aromatic heterocycles. The Morgan fingerprint density at radius 2 is 1.83 bits per heavy atom. The third kappa shape index (κ3) is 5.21. The number of ether oxygens (including phenoxy) is 2. The van der Waals surface area contributed by atoms with Gasteiger partial charge in [0, 0.05) is 0 Å². The first-order valence-electron chi connectivity index (χ1n) is 7.01. The zero-order valence-corrected chi connectivity index (χ0v) is 14.6. The quantitative estimate of drug-likeness (QED) is 0.334. The number of imidazole rings is 1. The SMILES string of the molecule is CCOC(=O)C(C(=O)OCc1ccccc1)n1cc[n+](C)c1.[Br-]. The van der Waals surface area contributed by atoms with Gasteiger partial charge in [0.05, 0.1) is 13.7 Å². The number of rotatable bonds is 6. The Morgan fingerprint density at radius 1 is 1.17 bits per heavy atom. The number of aromatic nitrogens is 2. The summed E-state index contributed by atoms with van der Waals surface area (Å²) >= 11 is 0. The second-order valence-electron chi connectivity index (χ2n) is 4.77. The van der Waals surface area contributed by atoms with Gasteiger partial charge in [0.1, 0.15) is 19.0 Å². The molecule has 0 radical (unpaired) electrons. The molecule has 1 aromatic carbocycles. The highest BCUT2D eigenvalue weighted by Crippen LogP contribution is 2.12. The third-order valence-corrected chi connectivity index (χ3v) is 3.04. The van der Waals surface area contributed by atoms with Gasteiger partial charge in [-0.2, -0.15) is 0 Å². The molecule has 2 aromatic rings. The molecule has 0 aliphatic rings. The summed E-state index contributed by atoms with van der Waals surface area (Å²) < 4.78 is 13.4. The number of benzene rings is 1. The summed E-state index contributed by atoms with van der Waals surface area (Å²) in [6.07, 6.45) is 4.99. The van der Waals surface area contributed by atoms with Crippen molar-refractivity contribution in [3.05, 3.63) is 54.6 Å². The molecule has 23 heavy (non-hydrogen) atoms. The Labute approximate surface area is 145 Å². The maximum atomic E-state index is 12.3. The molecule has 2 rings (SSSR count). The molecule has 0 aliphatic heterocycles. The van der Waals surface area contributed by atoms with Crippen LogP contribution < -0.4 is 21.5 Å². The lowest BCUT2D eigenvalue weighted by atomic mass is 10.2. The Kier molecular flexibility index (Phi) is 7.47. The van der Waals surface area contributed by atoms with Crippen LogP contribution in [0, 0.1) is 0 Å². The van der Waals surface area contributed by atoms with Gasteiger partial charge < -0.3 is 26.5 Å². The van der Waals surface area contributed by atoms with Crippen molar-refractivity contribution in [1.82, 2.24) is 4.57 Å². The van der Waals surface area contributed by atoms with E-state index in [1.165, 1.54) is 4.57 Å². The van der Waals surface area contributed by atoms with Crippen molar-refractivity contribution in [1.29, 1.82) is 0 Å². The number of aryl methyl sites for hydroxylation is 1. The molecule has 0 fully saturated rings. The predicted octanol–water partition coefficient (Wildman–Crippen LogP) is -1.84. The summed E-state index contributed by atoms with van der Waals surface area (Å²) in [6, 6.07) is 8.16. The van der Waals surface area contributed by atoms with Crippen molar-refractivity contribution in [2.75, 3.05) is 6.61 Å². The molecule has 0 saturated carbocycles. The Morgan fingerprint density at radius 3 is 2.39 bits per heavy atom. The number of nitrogens with zero attached hydrogens (tertiary/aromatic N) is 2. The first-order valence-corrected chi connectivity index (χ1v) is 7.01. The molecular weight excluding hydrogens is 364 g/mol. The molecule has 0 aliphatic carbocycles. The fraction of sp³-hybridized carbons (Fsp3) is 0.312. The van der Waals surface area contributed by atoms with Crippen LogP contribution in [0.4, 0.5) is 0 Å². The molecule has 0 bridgehead atoms. The van der Waals surface area contributed by atoms with Crippen LogP contribution in [0.3, 0.4) is 0 Å². The standard InChI is InChI=1S/C16H19N2O4.BrH/c1-3-21-15(19)14(18-10-9-17(2)12-18)16(20)22-11-13-7-5-4-6-8-13;/h4-10,12,14H,3,11H2,1-2H3;1H/q+1;/p-1. The van der Waals surface area contributed by atoms with Crippen molar-refractivity contribution in [3.63, 3.8) is 0 Å². The lowest BCUT2D eigenvalue weighted by Gasteiger charge is -2.12. The number of hydrogen-bond acceptors (Lipinski definition) is 4. The van der Waals surface area contributed by atoms with Gasteiger partial charge in [0.15, 0.2) is 0 Å². The monoisotopic (exact) mass is 382 g/mol. The van der Waals surface area contributed by atoms with Crippen molar-refractivity contribution >= 4 is 11.9 Å². The molecule has 0 saturated heterocycles. The van der Waals surface area contributed by atoms with Crippen LogP contribution in [0.5, 0.6) is 0 Å². The van der Waals surface area contributed by atoms with Gasteiger partial charge in [-0.3, -0.25) is 0 Å². The van der Waals surface area contributed by atoms with E-state index in [2.05, 4.69) is 0 Å². The Bertz CT molecular complexity index is 643. The fourth-order valence-electron chi connectivity index (χ4n) is 1.99. The molecular formula is C16H19BrN2O4. The van der Waals surface area contributed by atoms with Gasteiger partial charge in [0.25, 0.3) is 6.04 Å². The topological polar surface area (TPSA) is 61.4 Å². The van der Waals surface area contributed by atoms with Gasteiger partial charge >= 0.3 is 11.9 Å². The highest BCUT2D eigenvalue weighted by atomic mass is 79.9. The van der Waals surface area contributed by atoms with Crippen molar-refractivity contribution < 1.29 is 40.6 Å². The lowest BCUT2D eigenvalue weighted by Crippen LogP contribution is -3.00. The zero-order valence-electron chi connectivity index (χ0n) is 13.0. The first kappa shape index (κ1) is 18.9. The number of carbonyl (C=O) groups excluding carboxylic acids is 2. The molecule has 0 spiro atoms. The van der Waals surface area contributed by atoms with Crippen molar-refractivity contribution in [3.8, 4) is 0 Å². The Hall–Kier alpha value is -2.15. The van der Waals surface area contributed by atoms with Crippen LogP contribution in [0.1, 0.15) is 18.5 Å². The maximum Gasteiger partial charge on any atom is 0.364 e. The molecule has 1 unspecified atom stereocenters. The highest BCUT2D eigenvalue weighted by molar-refractivity contribution is 5.97. The second kappa shape index (κ2) is 9.09. The minimum absolute atomic E-state index is 0. The second-order valence-corrected chi connectivity index (χ2v) is 4.77. The van der Waals surface area contributed by atoms with E-state index in [-0.39, 0.29) is 30.2 Å². The molecule has 0 N–H and O–H groups in total. The zero-order chi connectivity index (χ0) is 15.9. The number of carbonyl (C=O) groups is 2. The van der Waals surface area contributed by atoms with Crippen LogP contribution in [-0.2, 0) is 32.7 Å². The van der Waals surface area contributed by atoms with Gasteiger partial charge in [-0.15, -0.1) is 0 Å². The largest absolute Gasteiger partial charge is 1.00 e. The predicted molar refractivity (Wildman–Crippen MR) is 77.5 cm³/mol. The Balaban J connectivity index is 0.00000264. The van der Waals surface area contributed by atoms with E-state index < -0.39 is 18.0 Å². The summed E-state index contributed by atoms with van der Waals surface area (Å²) in [5.41, 5.74) is 0.858. The van der Waals surface area contributed by atoms with Crippen LogP contribution in [0.15, 0.2) is 49.1 Å².